The van der Waals surface area contributed by atoms with E-state index < -0.39 is 0 Å². The van der Waals surface area contributed by atoms with Crippen LogP contribution in [-0.2, 0) is 13.1 Å². The maximum absolute atomic E-state index is 5.27. The lowest BCUT2D eigenvalue weighted by atomic mass is 9.95. The van der Waals surface area contributed by atoms with Gasteiger partial charge in [0.2, 0.25) is 0 Å². The van der Waals surface area contributed by atoms with Crippen LogP contribution in [0.3, 0.4) is 0 Å². The average molecular weight is 359 g/mol. The summed E-state index contributed by atoms with van der Waals surface area (Å²) in [6.07, 6.45) is 2.68. The standard InChI is InChI=1S/C19H26N4OS/c1-14-19(25-21-20-14)13-23-11-16-3-6-17(23)12-22(10-16)9-15-4-7-18(24-2)8-5-15/h4-5,7-8,16-17H,3,6,9-13H2,1-2H3/t16-,17+/m0/s1. The Bertz CT molecular complexity index is 702. The fourth-order valence-corrected chi connectivity index (χ4v) is 4.83. The molecule has 25 heavy (non-hydrogen) atoms. The molecule has 0 spiro atoms. The number of hydrogen-bond donors (Lipinski definition) is 0. The number of hydrogen-bond acceptors (Lipinski definition) is 6. The molecule has 0 saturated carbocycles. The van der Waals surface area contributed by atoms with Crippen LogP contribution in [0.25, 0.3) is 0 Å². The first kappa shape index (κ1) is 16.9. The van der Waals surface area contributed by atoms with Gasteiger partial charge in [-0.3, -0.25) is 9.80 Å². The van der Waals surface area contributed by atoms with E-state index in [2.05, 4.69) is 50.6 Å². The molecule has 5 nitrogen and oxygen atoms in total. The number of fused-ring (bicyclic) bond motifs is 4. The van der Waals surface area contributed by atoms with Crippen molar-refractivity contribution in [1.82, 2.24) is 19.4 Å². The van der Waals surface area contributed by atoms with Gasteiger partial charge in [-0.25, -0.2) is 0 Å². The molecule has 3 aliphatic rings. The summed E-state index contributed by atoms with van der Waals surface area (Å²) in [5, 5.41) is 4.17. The highest BCUT2D eigenvalue weighted by Crippen LogP contribution is 2.30. The number of piperidine rings is 1. The van der Waals surface area contributed by atoms with Crippen molar-refractivity contribution in [2.24, 2.45) is 5.92 Å². The highest BCUT2D eigenvalue weighted by atomic mass is 32.1. The highest BCUT2D eigenvalue weighted by Gasteiger charge is 2.35. The van der Waals surface area contributed by atoms with E-state index in [1.165, 1.54) is 36.4 Å². The van der Waals surface area contributed by atoms with E-state index in [4.69, 9.17) is 4.74 Å². The van der Waals surface area contributed by atoms with Crippen LogP contribution >= 0.6 is 11.5 Å². The minimum Gasteiger partial charge on any atom is -0.497 e. The Morgan fingerprint density at radius 3 is 2.68 bits per heavy atom. The van der Waals surface area contributed by atoms with E-state index >= 15 is 0 Å². The number of aromatic nitrogens is 2. The third kappa shape index (κ3) is 3.86. The largest absolute Gasteiger partial charge is 0.497 e. The molecule has 0 N–H and O–H groups in total. The summed E-state index contributed by atoms with van der Waals surface area (Å²) in [4.78, 5) is 6.64. The normalized spacial score (nSPS) is 24.4. The fourth-order valence-electron chi connectivity index (χ4n) is 4.17. The molecule has 3 saturated heterocycles. The predicted molar refractivity (Wildman–Crippen MR) is 99.8 cm³/mol. The Labute approximate surface area is 153 Å². The molecule has 134 valence electrons. The fraction of sp³-hybridized carbons (Fsp3) is 0.579. The van der Waals surface area contributed by atoms with Gasteiger partial charge >= 0.3 is 0 Å². The van der Waals surface area contributed by atoms with Gasteiger partial charge in [0.25, 0.3) is 0 Å². The molecule has 1 aromatic carbocycles. The average Bonchev–Trinajstić information content (AvgIpc) is 2.84. The van der Waals surface area contributed by atoms with Crippen LogP contribution in [0.5, 0.6) is 5.75 Å². The number of aryl methyl sites for hydroxylation is 1. The smallest absolute Gasteiger partial charge is 0.118 e. The van der Waals surface area contributed by atoms with Crippen LogP contribution in [0.1, 0.15) is 29.0 Å². The van der Waals surface area contributed by atoms with Crippen molar-refractivity contribution in [2.45, 2.75) is 38.9 Å². The van der Waals surface area contributed by atoms with Crippen molar-refractivity contribution in [3.8, 4) is 5.75 Å². The second-order valence-corrected chi connectivity index (χ2v) is 8.19. The van der Waals surface area contributed by atoms with E-state index in [0.717, 1.165) is 37.0 Å². The summed E-state index contributed by atoms with van der Waals surface area (Å²) in [5.41, 5.74) is 2.47. The van der Waals surface area contributed by atoms with Gasteiger partial charge in [0.15, 0.2) is 0 Å². The van der Waals surface area contributed by atoms with Gasteiger partial charge in [-0.15, -0.1) is 5.10 Å². The van der Waals surface area contributed by atoms with Crippen molar-refractivity contribution in [3.63, 3.8) is 0 Å². The molecule has 3 fully saturated rings. The summed E-state index contributed by atoms with van der Waals surface area (Å²) in [6.45, 7) is 7.70. The maximum atomic E-state index is 5.27. The Hall–Kier alpha value is -1.50. The summed E-state index contributed by atoms with van der Waals surface area (Å²) in [5.74, 6) is 1.71. The maximum Gasteiger partial charge on any atom is 0.118 e. The molecule has 2 aromatic rings. The van der Waals surface area contributed by atoms with E-state index in [-0.39, 0.29) is 0 Å². The molecule has 2 bridgehead atoms. The lowest BCUT2D eigenvalue weighted by Gasteiger charge is -2.35. The summed E-state index contributed by atoms with van der Waals surface area (Å²) < 4.78 is 9.37. The first-order valence-corrected chi connectivity index (χ1v) is 9.86. The summed E-state index contributed by atoms with van der Waals surface area (Å²) in [6, 6.07) is 9.16. The lowest BCUT2D eigenvalue weighted by Crippen LogP contribution is -2.43. The number of methoxy groups -OCH3 is 1. The summed E-state index contributed by atoms with van der Waals surface area (Å²) >= 11 is 1.56. The highest BCUT2D eigenvalue weighted by molar-refractivity contribution is 7.05. The first-order valence-electron chi connectivity index (χ1n) is 9.08. The molecule has 0 amide bonds. The molecule has 0 unspecified atom stereocenters. The van der Waals surface area contributed by atoms with Crippen LogP contribution in [0.2, 0.25) is 0 Å². The Balaban J connectivity index is 1.42. The molecular weight excluding hydrogens is 332 g/mol. The SMILES string of the molecule is COc1ccc(CN2C[C@@H]3CC[C@H](C2)N(Cc2snnc2C)C3)cc1. The van der Waals surface area contributed by atoms with Gasteiger partial charge in [0.05, 0.1) is 17.7 Å². The number of rotatable bonds is 5. The molecule has 2 atom stereocenters. The first-order chi connectivity index (χ1) is 12.2. The zero-order valence-electron chi connectivity index (χ0n) is 15.0. The number of ether oxygens (including phenoxy) is 1. The van der Waals surface area contributed by atoms with Crippen molar-refractivity contribution >= 4 is 11.5 Å². The zero-order chi connectivity index (χ0) is 17.2. The lowest BCUT2D eigenvalue weighted by molar-refractivity contribution is 0.124. The van der Waals surface area contributed by atoms with Gasteiger partial charge in [-0.05, 0) is 54.9 Å². The van der Waals surface area contributed by atoms with Gasteiger partial charge in [0, 0.05) is 38.8 Å². The number of benzene rings is 1. The van der Waals surface area contributed by atoms with E-state index in [0.29, 0.717) is 6.04 Å². The van der Waals surface area contributed by atoms with Crippen molar-refractivity contribution in [1.29, 1.82) is 0 Å². The van der Waals surface area contributed by atoms with Crippen LogP contribution in [0.4, 0.5) is 0 Å². The van der Waals surface area contributed by atoms with Crippen LogP contribution in [0.15, 0.2) is 24.3 Å². The third-order valence-corrected chi connectivity index (χ3v) is 6.37. The van der Waals surface area contributed by atoms with Crippen molar-refractivity contribution < 1.29 is 4.74 Å². The quantitative estimate of drug-likeness (QED) is 0.822. The Kier molecular flexibility index (Phi) is 5.01. The van der Waals surface area contributed by atoms with Gasteiger partial charge in [0.1, 0.15) is 5.75 Å². The molecule has 1 aromatic heterocycles. The molecule has 4 heterocycles. The Morgan fingerprint density at radius 2 is 1.96 bits per heavy atom. The van der Waals surface area contributed by atoms with Crippen LogP contribution < -0.4 is 4.74 Å². The van der Waals surface area contributed by atoms with Crippen molar-refractivity contribution in [2.75, 3.05) is 26.7 Å². The molecular formula is C19H26N4OS. The number of nitrogens with zero attached hydrogens (tertiary/aromatic N) is 4. The molecule has 0 radical (unpaired) electrons. The Morgan fingerprint density at radius 1 is 1.12 bits per heavy atom. The van der Waals surface area contributed by atoms with Gasteiger partial charge in [-0.2, -0.15) is 0 Å². The van der Waals surface area contributed by atoms with Crippen molar-refractivity contribution in [3.05, 3.63) is 40.4 Å². The van der Waals surface area contributed by atoms with Gasteiger partial charge in [-0.1, -0.05) is 16.6 Å². The second kappa shape index (κ2) is 7.40. The molecule has 3 aliphatic heterocycles. The predicted octanol–water partition coefficient (Wildman–Crippen LogP) is 2.95. The third-order valence-electron chi connectivity index (χ3n) is 5.56. The van der Waals surface area contributed by atoms with Gasteiger partial charge < -0.3 is 4.74 Å². The van der Waals surface area contributed by atoms with Crippen LogP contribution in [0, 0.1) is 12.8 Å². The zero-order valence-corrected chi connectivity index (χ0v) is 15.8. The van der Waals surface area contributed by atoms with E-state index in [1.807, 2.05) is 0 Å². The van der Waals surface area contributed by atoms with E-state index in [1.54, 1.807) is 18.6 Å². The second-order valence-electron chi connectivity index (χ2n) is 7.35. The topological polar surface area (TPSA) is 41.5 Å². The monoisotopic (exact) mass is 358 g/mol. The summed E-state index contributed by atoms with van der Waals surface area (Å²) in [7, 11) is 1.72. The molecule has 0 aliphatic carbocycles. The minimum absolute atomic E-state index is 0.651. The molecule has 6 heteroatoms. The van der Waals surface area contributed by atoms with Crippen LogP contribution in [-0.4, -0.2) is 52.2 Å². The molecule has 5 rings (SSSR count). The minimum atomic E-state index is 0.651. The van der Waals surface area contributed by atoms with E-state index in [9.17, 15) is 0 Å².